The van der Waals surface area contributed by atoms with Gasteiger partial charge in [-0.25, -0.2) is 13.2 Å². The summed E-state index contributed by atoms with van der Waals surface area (Å²) < 4.78 is 49.8. The Morgan fingerprint density at radius 3 is 2.52 bits per heavy atom. The first-order valence-corrected chi connectivity index (χ1v) is 8.07. The van der Waals surface area contributed by atoms with Crippen molar-refractivity contribution < 1.29 is 32.2 Å². The number of ether oxygens (including phenoxy) is 2. The van der Waals surface area contributed by atoms with E-state index in [2.05, 4.69) is 0 Å². The van der Waals surface area contributed by atoms with Crippen molar-refractivity contribution in [1.29, 1.82) is 0 Å². The Balaban J connectivity index is 2.01. The Bertz CT molecular complexity index is 876. The van der Waals surface area contributed by atoms with Crippen LogP contribution in [-0.4, -0.2) is 25.1 Å². The number of anilines is 1. The maximum atomic E-state index is 13.6. The summed E-state index contributed by atoms with van der Waals surface area (Å²) in [4.78, 5) is 24.0. The topological polar surface area (TPSA) is 64.6 Å². The molecule has 0 aliphatic rings. The number of carbonyl (C=O) groups excluding carboxylic acids is 2. The van der Waals surface area contributed by atoms with Gasteiger partial charge in [0.2, 0.25) is 0 Å². The zero-order chi connectivity index (χ0) is 20.1. The molecule has 1 atom stereocenters. The number of esters is 1. The molecule has 0 spiro atoms. The number of nitrogens with one attached hydrogen (secondary N) is 1. The van der Waals surface area contributed by atoms with E-state index in [9.17, 15) is 22.8 Å². The molecule has 2 aromatic rings. The molecule has 0 bridgehead atoms. The van der Waals surface area contributed by atoms with Gasteiger partial charge in [0.1, 0.15) is 5.75 Å². The van der Waals surface area contributed by atoms with Crippen LogP contribution in [0.3, 0.4) is 0 Å². The van der Waals surface area contributed by atoms with E-state index in [-0.39, 0.29) is 6.42 Å². The maximum absolute atomic E-state index is 13.6. The number of amides is 1. The van der Waals surface area contributed by atoms with Crippen LogP contribution in [0.1, 0.15) is 12.5 Å². The summed E-state index contributed by atoms with van der Waals surface area (Å²) in [6.45, 7) is 1.25. The molecule has 2 aromatic carbocycles. The number of halogens is 4. The minimum Gasteiger partial charge on any atom is -0.496 e. The number of benzene rings is 2. The third-order valence-corrected chi connectivity index (χ3v) is 3.78. The first-order valence-electron chi connectivity index (χ1n) is 7.69. The van der Waals surface area contributed by atoms with E-state index in [1.807, 2.05) is 5.32 Å². The van der Waals surface area contributed by atoms with Crippen molar-refractivity contribution in [2.24, 2.45) is 0 Å². The van der Waals surface area contributed by atoms with Crippen LogP contribution >= 0.6 is 11.6 Å². The standard InChI is InChI=1S/C18H15ClF3NO4/c1-9(18(25)23-13-5-4-12(20)16(21)17(13)22)27-15(24)8-10-7-11(19)3-6-14(10)26-2/h3-7,9H,8H2,1-2H3,(H,23,25)/t9-/m0/s1. The lowest BCUT2D eigenvalue weighted by Crippen LogP contribution is -2.31. The molecule has 9 heteroatoms. The second kappa shape index (κ2) is 8.77. The lowest BCUT2D eigenvalue weighted by molar-refractivity contribution is -0.152. The fourth-order valence-electron chi connectivity index (χ4n) is 2.19. The molecule has 0 aromatic heterocycles. The van der Waals surface area contributed by atoms with Gasteiger partial charge in [0.15, 0.2) is 23.6 Å². The van der Waals surface area contributed by atoms with E-state index in [0.29, 0.717) is 22.4 Å². The van der Waals surface area contributed by atoms with Gasteiger partial charge in [-0.1, -0.05) is 11.6 Å². The Morgan fingerprint density at radius 2 is 1.85 bits per heavy atom. The minimum atomic E-state index is -1.72. The first kappa shape index (κ1) is 20.6. The van der Waals surface area contributed by atoms with Gasteiger partial charge in [0.25, 0.3) is 5.91 Å². The summed E-state index contributed by atoms with van der Waals surface area (Å²) in [5.74, 6) is -5.91. The van der Waals surface area contributed by atoms with E-state index in [4.69, 9.17) is 21.1 Å². The second-order valence-corrected chi connectivity index (χ2v) is 5.91. The zero-order valence-corrected chi connectivity index (χ0v) is 15.1. The van der Waals surface area contributed by atoms with Gasteiger partial charge in [-0.2, -0.15) is 0 Å². The van der Waals surface area contributed by atoms with Crippen LogP contribution in [0.15, 0.2) is 30.3 Å². The van der Waals surface area contributed by atoms with Gasteiger partial charge in [0.05, 0.1) is 19.2 Å². The second-order valence-electron chi connectivity index (χ2n) is 5.48. The smallest absolute Gasteiger partial charge is 0.311 e. The number of hydrogen-bond acceptors (Lipinski definition) is 4. The van der Waals surface area contributed by atoms with Crippen molar-refractivity contribution in [2.75, 3.05) is 12.4 Å². The molecule has 0 unspecified atom stereocenters. The molecule has 0 heterocycles. The van der Waals surface area contributed by atoms with Crippen molar-refractivity contribution >= 4 is 29.2 Å². The van der Waals surface area contributed by atoms with Gasteiger partial charge < -0.3 is 14.8 Å². The minimum absolute atomic E-state index is 0.221. The molecule has 2 rings (SSSR count). The summed E-state index contributed by atoms with van der Waals surface area (Å²) in [6, 6.07) is 6.20. The first-order chi connectivity index (χ1) is 12.7. The molecule has 0 saturated carbocycles. The lowest BCUT2D eigenvalue weighted by atomic mass is 10.1. The summed E-state index contributed by atoms with van der Waals surface area (Å²) in [5.41, 5.74) is -0.118. The number of carbonyl (C=O) groups is 2. The highest BCUT2D eigenvalue weighted by Gasteiger charge is 2.22. The lowest BCUT2D eigenvalue weighted by Gasteiger charge is -2.15. The van der Waals surface area contributed by atoms with E-state index in [1.54, 1.807) is 12.1 Å². The molecule has 5 nitrogen and oxygen atoms in total. The molecule has 0 aliphatic heterocycles. The SMILES string of the molecule is COc1ccc(Cl)cc1CC(=O)O[C@@H](C)C(=O)Nc1ccc(F)c(F)c1F. The number of methoxy groups -OCH3 is 1. The maximum Gasteiger partial charge on any atom is 0.311 e. The van der Waals surface area contributed by atoms with Crippen LogP contribution in [0.25, 0.3) is 0 Å². The molecule has 0 fully saturated rings. The number of rotatable bonds is 6. The van der Waals surface area contributed by atoms with Crippen molar-refractivity contribution in [3.05, 3.63) is 58.4 Å². The predicted octanol–water partition coefficient (Wildman–Crippen LogP) is 3.88. The largest absolute Gasteiger partial charge is 0.496 e. The summed E-state index contributed by atoms with van der Waals surface area (Å²) in [7, 11) is 1.42. The highest BCUT2D eigenvalue weighted by molar-refractivity contribution is 6.30. The zero-order valence-electron chi connectivity index (χ0n) is 14.3. The van der Waals surface area contributed by atoms with Gasteiger partial charge in [-0.05, 0) is 37.3 Å². The van der Waals surface area contributed by atoms with E-state index in [0.717, 1.165) is 6.07 Å². The van der Waals surface area contributed by atoms with Crippen LogP contribution < -0.4 is 10.1 Å². The van der Waals surface area contributed by atoms with Crippen molar-refractivity contribution in [3.8, 4) is 5.75 Å². The normalized spacial score (nSPS) is 11.6. The molecule has 1 N–H and O–H groups in total. The Morgan fingerprint density at radius 1 is 1.15 bits per heavy atom. The van der Waals surface area contributed by atoms with E-state index in [1.165, 1.54) is 20.1 Å². The van der Waals surface area contributed by atoms with Crippen LogP contribution in [0.4, 0.5) is 18.9 Å². The van der Waals surface area contributed by atoms with Crippen molar-refractivity contribution in [2.45, 2.75) is 19.4 Å². The third kappa shape index (κ3) is 5.13. The van der Waals surface area contributed by atoms with Crippen LogP contribution in [0.2, 0.25) is 5.02 Å². The Hall–Kier alpha value is -2.74. The summed E-state index contributed by atoms with van der Waals surface area (Å²) >= 11 is 5.88. The monoisotopic (exact) mass is 401 g/mol. The molecule has 1 amide bonds. The third-order valence-electron chi connectivity index (χ3n) is 3.55. The molecular formula is C18H15ClF3NO4. The van der Waals surface area contributed by atoms with Crippen LogP contribution in [-0.2, 0) is 20.7 Å². The Labute approximate surface area is 158 Å². The van der Waals surface area contributed by atoms with Crippen molar-refractivity contribution in [3.63, 3.8) is 0 Å². The van der Waals surface area contributed by atoms with Gasteiger partial charge >= 0.3 is 5.97 Å². The van der Waals surface area contributed by atoms with Crippen molar-refractivity contribution in [1.82, 2.24) is 0 Å². The highest BCUT2D eigenvalue weighted by atomic mass is 35.5. The predicted molar refractivity (Wildman–Crippen MR) is 92.2 cm³/mol. The van der Waals surface area contributed by atoms with Gasteiger partial charge in [0, 0.05) is 10.6 Å². The summed E-state index contributed by atoms with van der Waals surface area (Å²) in [6.07, 6.45) is -1.53. The fourth-order valence-corrected chi connectivity index (χ4v) is 2.38. The average Bonchev–Trinajstić information content (AvgIpc) is 2.62. The van der Waals surface area contributed by atoms with E-state index < -0.39 is 41.1 Å². The van der Waals surface area contributed by atoms with E-state index >= 15 is 0 Å². The molecule has 0 saturated heterocycles. The van der Waals surface area contributed by atoms with Gasteiger partial charge in [-0.15, -0.1) is 0 Å². The highest BCUT2D eigenvalue weighted by Crippen LogP contribution is 2.24. The quantitative estimate of drug-likeness (QED) is 0.589. The number of hydrogen-bond donors (Lipinski definition) is 1. The van der Waals surface area contributed by atoms with Crippen LogP contribution in [0.5, 0.6) is 5.75 Å². The molecule has 144 valence electrons. The molecule has 0 radical (unpaired) electrons. The molecule has 27 heavy (non-hydrogen) atoms. The summed E-state index contributed by atoms with van der Waals surface area (Å²) in [5, 5.41) is 2.42. The van der Waals surface area contributed by atoms with Gasteiger partial charge in [-0.3, -0.25) is 9.59 Å². The van der Waals surface area contributed by atoms with Crippen LogP contribution in [0, 0.1) is 17.5 Å². The fraction of sp³-hybridized carbons (Fsp3) is 0.222. The average molecular weight is 402 g/mol. The Kier molecular flexibility index (Phi) is 6.68. The molecule has 0 aliphatic carbocycles. The molecular weight excluding hydrogens is 387 g/mol.